The van der Waals surface area contributed by atoms with Crippen LogP contribution in [0.4, 0.5) is 22.0 Å². The zero-order valence-corrected chi connectivity index (χ0v) is 16.3. The number of alkyl halides is 1. The molecule has 8 nitrogen and oxygen atoms in total. The Bertz CT molecular complexity index is 1070. The molecule has 4 rings (SSSR count). The van der Waals surface area contributed by atoms with Gasteiger partial charge in [-0.05, 0) is 11.6 Å². The van der Waals surface area contributed by atoms with Crippen molar-refractivity contribution in [3.63, 3.8) is 0 Å². The fourth-order valence-electron chi connectivity index (χ4n) is 2.83. The molecule has 2 aromatic heterocycles. The van der Waals surface area contributed by atoms with Crippen molar-refractivity contribution in [3.8, 4) is 5.75 Å². The number of carboxylic acid groups (broad SMARTS) is 1. The summed E-state index contributed by atoms with van der Waals surface area (Å²) in [6, 6.07) is 5.00. The number of nitrogens with one attached hydrogen (secondary N) is 1. The first-order valence-corrected chi connectivity index (χ1v) is 9.74. The highest BCUT2D eigenvalue weighted by atomic mass is 127. The second-order valence-corrected chi connectivity index (χ2v) is 7.14. The molecule has 0 saturated carbocycles. The number of urea groups is 1. The van der Waals surface area contributed by atoms with Crippen LogP contribution in [0.1, 0.15) is 15.2 Å². The predicted octanol–water partition coefficient (Wildman–Crippen LogP) is 4.02. The number of carboxylic acids is 1. The van der Waals surface area contributed by atoms with Crippen molar-refractivity contribution in [2.75, 3.05) is 17.3 Å². The Labute approximate surface area is 165 Å². The van der Waals surface area contributed by atoms with Gasteiger partial charge in [-0.1, -0.05) is 28.7 Å². The number of thiophene rings is 1. The van der Waals surface area contributed by atoms with Crippen LogP contribution in [0.25, 0.3) is 10.2 Å². The van der Waals surface area contributed by atoms with Crippen molar-refractivity contribution in [1.82, 2.24) is 9.97 Å². The maximum atomic E-state index is 12.9. The summed E-state index contributed by atoms with van der Waals surface area (Å²) in [4.78, 5) is 34.8. The molecular weight excluding hydrogens is 471 g/mol. The molecular formula is C16H11IN4O4S. The zero-order valence-electron chi connectivity index (χ0n) is 13.3. The van der Waals surface area contributed by atoms with Crippen LogP contribution in [0, 0.1) is 0 Å². The number of methoxy groups -OCH3 is 1. The molecule has 0 spiro atoms. The van der Waals surface area contributed by atoms with E-state index in [0.29, 0.717) is 31.9 Å². The second kappa shape index (κ2) is 6.36. The van der Waals surface area contributed by atoms with Crippen molar-refractivity contribution >= 4 is 73.3 Å². The molecule has 0 aliphatic carbocycles. The molecule has 0 bridgehead atoms. The van der Waals surface area contributed by atoms with Gasteiger partial charge in [0.15, 0.2) is 5.82 Å². The molecule has 1 aliphatic heterocycles. The fourth-order valence-corrected chi connectivity index (χ4v) is 4.41. The number of carbonyl (C=O) groups is 2. The van der Waals surface area contributed by atoms with Crippen LogP contribution >= 0.6 is 33.9 Å². The van der Waals surface area contributed by atoms with Gasteiger partial charge in [0.05, 0.1) is 23.9 Å². The topological polar surface area (TPSA) is 105 Å². The first-order chi connectivity index (χ1) is 12.5. The molecule has 10 heteroatoms. The lowest BCUT2D eigenvalue weighted by atomic mass is 10.1. The smallest absolute Gasteiger partial charge is 0.348 e. The van der Waals surface area contributed by atoms with E-state index in [2.05, 4.69) is 37.9 Å². The third-order valence-corrected chi connectivity index (χ3v) is 5.89. The highest BCUT2D eigenvalue weighted by Gasteiger charge is 2.34. The number of hydrogen-bond donors (Lipinski definition) is 2. The Morgan fingerprint density at radius 1 is 1.42 bits per heavy atom. The average molecular weight is 482 g/mol. The molecule has 2 N–H and O–H groups in total. The number of amides is 2. The maximum Gasteiger partial charge on any atom is 0.348 e. The molecule has 1 aromatic carbocycles. The summed E-state index contributed by atoms with van der Waals surface area (Å²) in [7, 11) is 1.55. The summed E-state index contributed by atoms with van der Waals surface area (Å²) in [5.74, 6) is -0.150. The van der Waals surface area contributed by atoms with Crippen molar-refractivity contribution in [2.24, 2.45) is 0 Å². The van der Waals surface area contributed by atoms with Gasteiger partial charge in [-0.25, -0.2) is 24.5 Å². The van der Waals surface area contributed by atoms with E-state index in [1.54, 1.807) is 13.2 Å². The average Bonchev–Trinajstić information content (AvgIpc) is 3.01. The summed E-state index contributed by atoms with van der Waals surface area (Å²) in [5.41, 5.74) is 1.80. The Balaban J connectivity index is 2.00. The zero-order chi connectivity index (χ0) is 18.4. The SMILES string of the molecule is COc1ccc(CI)c(N2C(=O)Nc3c(C(=O)O)sc4ncnc2c34)c1. The van der Waals surface area contributed by atoms with Crippen LogP contribution in [0.15, 0.2) is 24.5 Å². The Hall–Kier alpha value is -2.47. The van der Waals surface area contributed by atoms with Gasteiger partial charge >= 0.3 is 12.0 Å². The molecule has 1 aliphatic rings. The highest BCUT2D eigenvalue weighted by molar-refractivity contribution is 14.1. The van der Waals surface area contributed by atoms with Gasteiger partial charge < -0.3 is 15.2 Å². The van der Waals surface area contributed by atoms with E-state index in [-0.39, 0.29) is 10.6 Å². The van der Waals surface area contributed by atoms with E-state index >= 15 is 0 Å². The monoisotopic (exact) mass is 482 g/mol. The molecule has 3 heterocycles. The van der Waals surface area contributed by atoms with E-state index in [1.807, 2.05) is 12.1 Å². The van der Waals surface area contributed by atoms with Crippen molar-refractivity contribution < 1.29 is 19.4 Å². The molecule has 0 radical (unpaired) electrons. The summed E-state index contributed by atoms with van der Waals surface area (Å²) in [6.07, 6.45) is 1.33. The minimum absolute atomic E-state index is 0.0366. The molecule has 0 atom stereocenters. The Morgan fingerprint density at radius 2 is 2.23 bits per heavy atom. The molecule has 132 valence electrons. The number of aromatic carboxylic acids is 1. The number of aromatic nitrogens is 2. The third-order valence-electron chi connectivity index (χ3n) is 3.99. The van der Waals surface area contributed by atoms with E-state index < -0.39 is 12.0 Å². The fraction of sp³-hybridized carbons (Fsp3) is 0.125. The van der Waals surface area contributed by atoms with Crippen molar-refractivity contribution in [1.29, 1.82) is 0 Å². The Morgan fingerprint density at radius 3 is 2.92 bits per heavy atom. The summed E-state index contributed by atoms with van der Waals surface area (Å²) in [6.45, 7) is 0. The minimum Gasteiger partial charge on any atom is -0.497 e. The van der Waals surface area contributed by atoms with Crippen molar-refractivity contribution in [3.05, 3.63) is 35.0 Å². The number of halogens is 1. The van der Waals surface area contributed by atoms with Crippen LogP contribution in [-0.2, 0) is 4.43 Å². The van der Waals surface area contributed by atoms with Crippen LogP contribution in [0.5, 0.6) is 5.75 Å². The number of carbonyl (C=O) groups excluding carboxylic acids is 1. The maximum absolute atomic E-state index is 12.9. The summed E-state index contributed by atoms with van der Waals surface area (Å²) >= 11 is 3.23. The number of ether oxygens (including phenoxy) is 1. The van der Waals surface area contributed by atoms with Gasteiger partial charge in [0.1, 0.15) is 21.8 Å². The number of benzene rings is 1. The van der Waals surface area contributed by atoms with E-state index in [0.717, 1.165) is 16.9 Å². The number of nitrogens with zero attached hydrogens (tertiary/aromatic N) is 3. The number of rotatable bonds is 4. The second-order valence-electron chi connectivity index (χ2n) is 5.38. The molecule has 2 amide bonds. The van der Waals surface area contributed by atoms with Crippen LogP contribution in [0.3, 0.4) is 0 Å². The molecule has 26 heavy (non-hydrogen) atoms. The Kier molecular flexibility index (Phi) is 4.15. The van der Waals surface area contributed by atoms with Gasteiger partial charge in [0.2, 0.25) is 0 Å². The van der Waals surface area contributed by atoms with Gasteiger partial charge in [0, 0.05) is 10.5 Å². The highest BCUT2D eigenvalue weighted by Crippen LogP contribution is 2.45. The number of anilines is 3. The standard InChI is InChI=1S/C16H11IN4O4S/c1-25-8-3-2-7(5-17)9(4-8)21-13-10-11(20-16(21)24)12(15(22)23)26-14(10)19-6-18-13/h2-4,6H,5H2,1H3,(H,20,24)(H,22,23). The largest absolute Gasteiger partial charge is 0.497 e. The molecule has 0 fully saturated rings. The first kappa shape index (κ1) is 17.0. The third kappa shape index (κ3) is 2.48. The van der Waals surface area contributed by atoms with Crippen LogP contribution in [0.2, 0.25) is 0 Å². The van der Waals surface area contributed by atoms with E-state index in [1.165, 1.54) is 11.2 Å². The molecule has 0 saturated heterocycles. The van der Waals surface area contributed by atoms with E-state index in [9.17, 15) is 14.7 Å². The normalized spacial score (nSPS) is 13.0. The van der Waals surface area contributed by atoms with Crippen LogP contribution < -0.4 is 15.0 Å². The van der Waals surface area contributed by atoms with Gasteiger partial charge in [-0.3, -0.25) is 0 Å². The minimum atomic E-state index is -1.11. The lowest BCUT2D eigenvalue weighted by Crippen LogP contribution is -2.35. The van der Waals surface area contributed by atoms with Gasteiger partial charge in [-0.2, -0.15) is 0 Å². The first-order valence-electron chi connectivity index (χ1n) is 7.40. The van der Waals surface area contributed by atoms with Gasteiger partial charge in [0.25, 0.3) is 0 Å². The molecule has 0 unspecified atom stereocenters. The van der Waals surface area contributed by atoms with E-state index in [4.69, 9.17) is 4.74 Å². The lowest BCUT2D eigenvalue weighted by molar-refractivity contribution is 0.0703. The molecule has 3 aromatic rings. The summed E-state index contributed by atoms with van der Waals surface area (Å²) < 4.78 is 5.96. The predicted molar refractivity (Wildman–Crippen MR) is 106 cm³/mol. The van der Waals surface area contributed by atoms with Crippen LogP contribution in [-0.4, -0.2) is 34.2 Å². The lowest BCUT2D eigenvalue weighted by Gasteiger charge is -2.28. The van der Waals surface area contributed by atoms with Gasteiger partial charge in [-0.15, -0.1) is 11.3 Å². The summed E-state index contributed by atoms with van der Waals surface area (Å²) in [5, 5.41) is 12.6. The van der Waals surface area contributed by atoms with Crippen molar-refractivity contribution in [2.45, 2.75) is 4.43 Å². The number of hydrogen-bond acceptors (Lipinski definition) is 6. The quantitative estimate of drug-likeness (QED) is 0.430.